The van der Waals surface area contributed by atoms with Crippen LogP contribution >= 0.6 is 0 Å². The second-order valence-corrected chi connectivity index (χ2v) is 3.80. The molecule has 1 aromatic heterocycles. The van der Waals surface area contributed by atoms with Crippen LogP contribution in [0.3, 0.4) is 0 Å². The van der Waals surface area contributed by atoms with Gasteiger partial charge in [-0.05, 0) is 31.1 Å². The lowest BCUT2D eigenvalue weighted by Crippen LogP contribution is -2.04. The molecule has 0 N–H and O–H groups in total. The molecule has 1 aromatic rings. The van der Waals surface area contributed by atoms with Crippen LogP contribution in [-0.4, -0.2) is 15.6 Å². The summed E-state index contributed by atoms with van der Waals surface area (Å²) < 4.78 is 1.89. The van der Waals surface area contributed by atoms with Crippen molar-refractivity contribution >= 4 is 11.9 Å². The molecule has 0 aliphatic rings. The zero-order valence-corrected chi connectivity index (χ0v) is 8.90. The van der Waals surface area contributed by atoms with Crippen molar-refractivity contribution < 1.29 is 4.79 Å². The Balaban J connectivity index is 2.63. The number of ketones is 1. The second-order valence-electron chi connectivity index (χ2n) is 3.80. The molecule has 76 valence electrons. The normalized spacial score (nSPS) is 11.4. The van der Waals surface area contributed by atoms with E-state index in [0.717, 1.165) is 12.2 Å². The highest BCUT2D eigenvalue weighted by molar-refractivity contribution is 5.91. The van der Waals surface area contributed by atoms with Gasteiger partial charge in [-0.3, -0.25) is 9.48 Å². The number of allylic oxidation sites excluding steroid dienone is 1. The van der Waals surface area contributed by atoms with Crippen LogP contribution in [0.2, 0.25) is 0 Å². The molecule has 0 aliphatic heterocycles. The van der Waals surface area contributed by atoms with E-state index in [9.17, 15) is 4.79 Å². The number of nitrogens with zero attached hydrogens (tertiary/aromatic N) is 2. The van der Waals surface area contributed by atoms with Gasteiger partial charge in [-0.2, -0.15) is 5.10 Å². The van der Waals surface area contributed by atoms with Gasteiger partial charge in [-0.15, -0.1) is 0 Å². The third-order valence-electron chi connectivity index (χ3n) is 1.70. The predicted octanol–water partition coefficient (Wildman–Crippen LogP) is 2.14. The first-order valence-corrected chi connectivity index (χ1v) is 4.80. The molecular weight excluding hydrogens is 176 g/mol. The van der Waals surface area contributed by atoms with Gasteiger partial charge in [0.1, 0.15) is 0 Å². The molecule has 1 heterocycles. The van der Waals surface area contributed by atoms with Crippen LogP contribution in [0, 0.1) is 5.92 Å². The van der Waals surface area contributed by atoms with Crippen LogP contribution in [0.1, 0.15) is 26.5 Å². The molecule has 1 rings (SSSR count). The fourth-order valence-corrected chi connectivity index (χ4v) is 1.14. The molecule has 3 nitrogen and oxygen atoms in total. The predicted molar refractivity (Wildman–Crippen MR) is 56.8 cm³/mol. The number of hydrogen-bond acceptors (Lipinski definition) is 2. The van der Waals surface area contributed by atoms with Gasteiger partial charge in [0.15, 0.2) is 5.78 Å². The molecule has 0 amide bonds. The number of aromatic nitrogens is 2. The summed E-state index contributed by atoms with van der Waals surface area (Å²) in [4.78, 5) is 10.7. The van der Waals surface area contributed by atoms with Crippen molar-refractivity contribution in [3.05, 3.63) is 24.0 Å². The molecule has 0 aliphatic carbocycles. The summed E-state index contributed by atoms with van der Waals surface area (Å²) in [6.45, 7) is 6.73. The first-order valence-electron chi connectivity index (χ1n) is 4.80. The van der Waals surface area contributed by atoms with Crippen molar-refractivity contribution in [3.63, 3.8) is 0 Å². The van der Waals surface area contributed by atoms with E-state index in [2.05, 4.69) is 18.9 Å². The van der Waals surface area contributed by atoms with Crippen LogP contribution < -0.4 is 0 Å². The van der Waals surface area contributed by atoms with E-state index in [1.807, 2.05) is 16.9 Å². The van der Waals surface area contributed by atoms with Gasteiger partial charge in [-0.25, -0.2) is 0 Å². The Bertz CT molecular complexity index is 337. The number of carbonyl (C=O) groups is 1. The van der Waals surface area contributed by atoms with E-state index in [-0.39, 0.29) is 5.78 Å². The lowest BCUT2D eigenvalue weighted by molar-refractivity contribution is -0.112. The molecule has 0 aromatic carbocycles. The molecule has 0 fully saturated rings. The number of carbonyl (C=O) groups excluding carboxylic acids is 1. The van der Waals surface area contributed by atoms with E-state index < -0.39 is 0 Å². The van der Waals surface area contributed by atoms with Crippen molar-refractivity contribution in [1.29, 1.82) is 0 Å². The van der Waals surface area contributed by atoms with E-state index in [0.29, 0.717) is 5.92 Å². The van der Waals surface area contributed by atoms with E-state index in [1.54, 1.807) is 6.08 Å². The van der Waals surface area contributed by atoms with E-state index in [1.165, 1.54) is 13.0 Å². The average Bonchev–Trinajstić information content (AvgIpc) is 2.47. The SMILES string of the molecule is CC(=O)/C=C/c1ccn(CC(C)C)n1. The fraction of sp³-hybridized carbons (Fsp3) is 0.455. The highest BCUT2D eigenvalue weighted by atomic mass is 16.1. The van der Waals surface area contributed by atoms with Gasteiger partial charge in [0.2, 0.25) is 0 Å². The highest BCUT2D eigenvalue weighted by Crippen LogP contribution is 2.02. The van der Waals surface area contributed by atoms with Crippen molar-refractivity contribution in [2.45, 2.75) is 27.3 Å². The topological polar surface area (TPSA) is 34.9 Å². The maximum atomic E-state index is 10.7. The van der Waals surface area contributed by atoms with Gasteiger partial charge in [-0.1, -0.05) is 13.8 Å². The first kappa shape index (κ1) is 10.7. The maximum Gasteiger partial charge on any atom is 0.152 e. The molecular formula is C11H16N2O. The first-order chi connectivity index (χ1) is 6.58. The Morgan fingerprint density at radius 1 is 1.64 bits per heavy atom. The minimum Gasteiger partial charge on any atom is -0.295 e. The van der Waals surface area contributed by atoms with Crippen molar-refractivity contribution in [2.75, 3.05) is 0 Å². The van der Waals surface area contributed by atoms with Crippen molar-refractivity contribution in [2.24, 2.45) is 5.92 Å². The molecule has 0 saturated carbocycles. The quantitative estimate of drug-likeness (QED) is 0.685. The monoisotopic (exact) mass is 192 g/mol. The smallest absolute Gasteiger partial charge is 0.152 e. The average molecular weight is 192 g/mol. The summed E-state index contributed by atoms with van der Waals surface area (Å²) in [6.07, 6.45) is 5.20. The minimum atomic E-state index is 0.0448. The van der Waals surface area contributed by atoms with Crippen LogP contribution in [0.15, 0.2) is 18.3 Å². The Kier molecular flexibility index (Phi) is 3.63. The summed E-state index contributed by atoms with van der Waals surface area (Å²) in [6, 6.07) is 1.90. The third-order valence-corrected chi connectivity index (χ3v) is 1.70. The van der Waals surface area contributed by atoms with E-state index >= 15 is 0 Å². The molecule has 0 atom stereocenters. The highest BCUT2D eigenvalue weighted by Gasteiger charge is 1.98. The lowest BCUT2D eigenvalue weighted by atomic mass is 10.2. The molecule has 14 heavy (non-hydrogen) atoms. The zero-order chi connectivity index (χ0) is 10.6. The van der Waals surface area contributed by atoms with Crippen LogP contribution in [0.25, 0.3) is 6.08 Å². The molecule has 0 spiro atoms. The molecule has 0 radical (unpaired) electrons. The van der Waals surface area contributed by atoms with Gasteiger partial charge in [0, 0.05) is 12.7 Å². The zero-order valence-electron chi connectivity index (χ0n) is 8.90. The van der Waals surface area contributed by atoms with Crippen LogP contribution in [0.4, 0.5) is 0 Å². The van der Waals surface area contributed by atoms with Gasteiger partial charge < -0.3 is 0 Å². The maximum absolute atomic E-state index is 10.7. The Morgan fingerprint density at radius 2 is 2.36 bits per heavy atom. The summed E-state index contributed by atoms with van der Waals surface area (Å²) in [5.41, 5.74) is 0.834. The largest absolute Gasteiger partial charge is 0.295 e. The molecule has 0 saturated heterocycles. The van der Waals surface area contributed by atoms with Crippen molar-refractivity contribution in [1.82, 2.24) is 9.78 Å². The Morgan fingerprint density at radius 3 is 2.93 bits per heavy atom. The second kappa shape index (κ2) is 4.74. The minimum absolute atomic E-state index is 0.0448. The van der Waals surface area contributed by atoms with E-state index in [4.69, 9.17) is 0 Å². The van der Waals surface area contributed by atoms with Gasteiger partial charge in [0.05, 0.1) is 5.69 Å². The Hall–Kier alpha value is -1.38. The Labute approximate surface area is 84.4 Å². The van der Waals surface area contributed by atoms with Gasteiger partial charge >= 0.3 is 0 Å². The fourth-order valence-electron chi connectivity index (χ4n) is 1.14. The van der Waals surface area contributed by atoms with Crippen molar-refractivity contribution in [3.8, 4) is 0 Å². The lowest BCUT2D eigenvalue weighted by Gasteiger charge is -2.03. The molecule has 0 bridgehead atoms. The number of hydrogen-bond donors (Lipinski definition) is 0. The summed E-state index contributed by atoms with van der Waals surface area (Å²) in [5.74, 6) is 0.628. The summed E-state index contributed by atoms with van der Waals surface area (Å²) in [7, 11) is 0. The van der Waals surface area contributed by atoms with Crippen LogP contribution in [0.5, 0.6) is 0 Å². The third kappa shape index (κ3) is 3.56. The number of rotatable bonds is 4. The summed E-state index contributed by atoms with van der Waals surface area (Å²) in [5, 5.41) is 4.30. The summed E-state index contributed by atoms with van der Waals surface area (Å²) >= 11 is 0. The van der Waals surface area contributed by atoms with Crippen LogP contribution in [-0.2, 0) is 11.3 Å². The molecule has 3 heteroatoms. The van der Waals surface area contributed by atoms with Gasteiger partial charge in [0.25, 0.3) is 0 Å². The standard InChI is InChI=1S/C11H16N2O/c1-9(2)8-13-7-6-11(12-13)5-4-10(3)14/h4-7,9H,8H2,1-3H3/b5-4+. The molecule has 0 unspecified atom stereocenters.